The van der Waals surface area contributed by atoms with Crippen molar-refractivity contribution in [2.75, 3.05) is 0 Å². The van der Waals surface area contributed by atoms with Crippen LogP contribution in [0.15, 0.2) is 42.5 Å². The van der Waals surface area contributed by atoms with E-state index in [2.05, 4.69) is 5.10 Å². The molecule has 0 radical (unpaired) electrons. The van der Waals surface area contributed by atoms with E-state index in [1.807, 2.05) is 49.0 Å². The Kier molecular flexibility index (Phi) is 4.47. The highest BCUT2D eigenvalue weighted by atomic mass is 19.1. The summed E-state index contributed by atoms with van der Waals surface area (Å²) in [6.45, 7) is 3.65. The first-order valence-electron chi connectivity index (χ1n) is 7.98. The third-order valence-electron chi connectivity index (χ3n) is 4.20. The summed E-state index contributed by atoms with van der Waals surface area (Å²) < 4.78 is 29.6. The minimum absolute atomic E-state index is 0.159. The fourth-order valence-electron chi connectivity index (χ4n) is 2.96. The zero-order valence-electron chi connectivity index (χ0n) is 14.1. The summed E-state index contributed by atoms with van der Waals surface area (Å²) in [5.74, 6) is -0.927. The number of aryl methyl sites for hydroxylation is 4. The van der Waals surface area contributed by atoms with Gasteiger partial charge in [-0.3, -0.25) is 4.68 Å². The maximum absolute atomic E-state index is 13.9. The van der Waals surface area contributed by atoms with Crippen molar-refractivity contribution in [3.63, 3.8) is 0 Å². The molecular formula is C20H20F2N2. The predicted octanol–water partition coefficient (Wildman–Crippen LogP) is 4.77. The number of hydrogen-bond acceptors (Lipinski definition) is 1. The average molecular weight is 326 g/mol. The minimum atomic E-state index is -0.463. The lowest BCUT2D eigenvalue weighted by Crippen LogP contribution is -2.00. The fraction of sp³-hybridized carbons (Fsp3) is 0.250. The number of nitrogens with zero attached hydrogens (tertiary/aromatic N) is 2. The Labute approximate surface area is 140 Å². The molecule has 0 N–H and O–H groups in total. The first-order valence-corrected chi connectivity index (χ1v) is 7.98. The number of aromatic nitrogens is 2. The van der Waals surface area contributed by atoms with Crippen LogP contribution in [0.2, 0.25) is 0 Å². The van der Waals surface area contributed by atoms with E-state index in [1.54, 1.807) is 6.92 Å². The molecule has 124 valence electrons. The summed E-state index contributed by atoms with van der Waals surface area (Å²) >= 11 is 0. The second kappa shape index (κ2) is 6.56. The first-order chi connectivity index (χ1) is 11.4. The Morgan fingerprint density at radius 2 is 1.54 bits per heavy atom. The number of halogens is 2. The molecular weight excluding hydrogens is 306 g/mol. The molecule has 3 aromatic rings. The van der Waals surface area contributed by atoms with Crippen LogP contribution in [0, 0.1) is 25.5 Å². The van der Waals surface area contributed by atoms with Crippen molar-refractivity contribution in [2.24, 2.45) is 7.05 Å². The van der Waals surface area contributed by atoms with E-state index >= 15 is 0 Å². The Balaban J connectivity index is 1.75. The van der Waals surface area contributed by atoms with Crippen LogP contribution in [0.4, 0.5) is 8.78 Å². The molecule has 1 aromatic heterocycles. The van der Waals surface area contributed by atoms with Gasteiger partial charge in [0.15, 0.2) is 0 Å². The van der Waals surface area contributed by atoms with Crippen molar-refractivity contribution >= 4 is 0 Å². The molecule has 0 amide bonds. The molecule has 0 saturated carbocycles. The quantitative estimate of drug-likeness (QED) is 0.675. The highest BCUT2D eigenvalue weighted by Crippen LogP contribution is 2.22. The van der Waals surface area contributed by atoms with E-state index in [0.29, 0.717) is 18.4 Å². The van der Waals surface area contributed by atoms with Gasteiger partial charge in [-0.15, -0.1) is 0 Å². The van der Waals surface area contributed by atoms with Crippen LogP contribution >= 0.6 is 0 Å². The normalized spacial score (nSPS) is 11.0. The summed E-state index contributed by atoms with van der Waals surface area (Å²) in [6.07, 6.45) is 0.948. The largest absolute Gasteiger partial charge is 0.268 e. The summed E-state index contributed by atoms with van der Waals surface area (Å²) in [7, 11) is 1.92. The zero-order chi connectivity index (χ0) is 17.3. The monoisotopic (exact) mass is 326 g/mol. The van der Waals surface area contributed by atoms with Gasteiger partial charge in [0.05, 0.1) is 11.4 Å². The molecule has 0 saturated heterocycles. The maximum atomic E-state index is 13.9. The molecule has 1 heterocycles. The molecule has 0 unspecified atom stereocenters. The zero-order valence-corrected chi connectivity index (χ0v) is 14.1. The molecule has 3 rings (SSSR count). The van der Waals surface area contributed by atoms with Gasteiger partial charge in [-0.25, -0.2) is 8.78 Å². The van der Waals surface area contributed by atoms with Gasteiger partial charge >= 0.3 is 0 Å². The third kappa shape index (κ3) is 3.37. The Morgan fingerprint density at radius 3 is 2.08 bits per heavy atom. The Morgan fingerprint density at radius 1 is 0.917 bits per heavy atom. The van der Waals surface area contributed by atoms with Crippen LogP contribution in [-0.4, -0.2) is 9.78 Å². The molecule has 0 aliphatic carbocycles. The number of benzene rings is 2. The average Bonchev–Trinajstić information content (AvgIpc) is 2.85. The SMILES string of the molecule is Cc1cc(F)c(CCc2ccc(-c3cc(C)nn3C)cc2)c(F)c1. The van der Waals surface area contributed by atoms with Crippen molar-refractivity contribution in [1.29, 1.82) is 0 Å². The van der Waals surface area contributed by atoms with Gasteiger partial charge < -0.3 is 0 Å². The van der Waals surface area contributed by atoms with Crippen LogP contribution in [0.5, 0.6) is 0 Å². The molecule has 24 heavy (non-hydrogen) atoms. The van der Waals surface area contributed by atoms with Crippen LogP contribution in [0.25, 0.3) is 11.3 Å². The summed E-state index contributed by atoms with van der Waals surface area (Å²) in [4.78, 5) is 0. The molecule has 0 spiro atoms. The third-order valence-corrected chi connectivity index (χ3v) is 4.20. The number of rotatable bonds is 4. The van der Waals surface area contributed by atoms with E-state index in [9.17, 15) is 8.78 Å². The van der Waals surface area contributed by atoms with Gasteiger partial charge in [0.2, 0.25) is 0 Å². The van der Waals surface area contributed by atoms with Crippen molar-refractivity contribution < 1.29 is 8.78 Å². The second-order valence-electron chi connectivity index (χ2n) is 6.20. The summed E-state index contributed by atoms with van der Waals surface area (Å²) in [5, 5.41) is 4.35. The van der Waals surface area contributed by atoms with Crippen molar-refractivity contribution in [2.45, 2.75) is 26.7 Å². The molecule has 2 nitrogen and oxygen atoms in total. The van der Waals surface area contributed by atoms with E-state index in [4.69, 9.17) is 0 Å². The van der Waals surface area contributed by atoms with Crippen LogP contribution in [0.3, 0.4) is 0 Å². The fourth-order valence-corrected chi connectivity index (χ4v) is 2.96. The lowest BCUT2D eigenvalue weighted by Gasteiger charge is -2.08. The molecule has 4 heteroatoms. The molecule has 2 aromatic carbocycles. The van der Waals surface area contributed by atoms with Gasteiger partial charge in [-0.1, -0.05) is 24.3 Å². The van der Waals surface area contributed by atoms with Crippen LogP contribution in [0.1, 0.15) is 22.4 Å². The first kappa shape index (κ1) is 16.4. The highest BCUT2D eigenvalue weighted by Gasteiger charge is 2.10. The van der Waals surface area contributed by atoms with Crippen molar-refractivity contribution in [3.05, 3.63) is 76.5 Å². The topological polar surface area (TPSA) is 17.8 Å². The minimum Gasteiger partial charge on any atom is -0.268 e. The Hall–Kier alpha value is -2.49. The van der Waals surface area contributed by atoms with E-state index < -0.39 is 11.6 Å². The lowest BCUT2D eigenvalue weighted by atomic mass is 10.0. The van der Waals surface area contributed by atoms with Gasteiger partial charge in [-0.2, -0.15) is 5.10 Å². The Bertz CT molecular complexity index is 841. The van der Waals surface area contributed by atoms with Crippen molar-refractivity contribution in [1.82, 2.24) is 9.78 Å². The molecule has 0 bridgehead atoms. The molecule has 0 aliphatic heterocycles. The second-order valence-corrected chi connectivity index (χ2v) is 6.20. The standard InChI is InChI=1S/C20H20F2N2/c1-13-10-18(21)17(19(22)11-13)9-6-15-4-7-16(8-5-15)20-12-14(2)23-24(20)3/h4-5,7-8,10-12H,6,9H2,1-3H3. The van der Waals surface area contributed by atoms with Gasteiger partial charge in [-0.05, 0) is 61.6 Å². The summed E-state index contributed by atoms with van der Waals surface area (Å²) in [5.41, 5.74) is 4.92. The molecule has 0 fully saturated rings. The highest BCUT2D eigenvalue weighted by molar-refractivity contribution is 5.60. The maximum Gasteiger partial charge on any atom is 0.129 e. The van der Waals surface area contributed by atoms with E-state index in [-0.39, 0.29) is 5.56 Å². The van der Waals surface area contributed by atoms with Gasteiger partial charge in [0.1, 0.15) is 11.6 Å². The summed E-state index contributed by atoms with van der Waals surface area (Å²) in [6, 6.07) is 12.8. The van der Waals surface area contributed by atoms with E-state index in [0.717, 1.165) is 22.5 Å². The van der Waals surface area contributed by atoms with Crippen molar-refractivity contribution in [3.8, 4) is 11.3 Å². The van der Waals surface area contributed by atoms with Gasteiger partial charge in [0, 0.05) is 12.6 Å². The van der Waals surface area contributed by atoms with Gasteiger partial charge in [0.25, 0.3) is 0 Å². The smallest absolute Gasteiger partial charge is 0.129 e. The van der Waals surface area contributed by atoms with Crippen LogP contribution < -0.4 is 0 Å². The van der Waals surface area contributed by atoms with E-state index in [1.165, 1.54) is 12.1 Å². The van der Waals surface area contributed by atoms with Crippen LogP contribution in [-0.2, 0) is 19.9 Å². The molecule has 0 atom stereocenters. The molecule has 0 aliphatic rings. The predicted molar refractivity (Wildman–Crippen MR) is 91.9 cm³/mol. The lowest BCUT2D eigenvalue weighted by molar-refractivity contribution is 0.553. The number of hydrogen-bond donors (Lipinski definition) is 0.